The lowest BCUT2D eigenvalue weighted by atomic mass is 9.93. The third-order valence-electron chi connectivity index (χ3n) is 2.95. The lowest BCUT2D eigenvalue weighted by Crippen LogP contribution is -2.43. The topological polar surface area (TPSA) is 79.2 Å². The highest BCUT2D eigenvalue weighted by molar-refractivity contribution is 5.92. The van der Waals surface area contributed by atoms with E-state index in [2.05, 4.69) is 4.98 Å². The number of amides is 1. The Morgan fingerprint density at radius 1 is 1.42 bits per heavy atom. The maximum Gasteiger partial charge on any atom is 0.270 e. The molecule has 5 heteroatoms. The Morgan fingerprint density at radius 3 is 2.63 bits per heavy atom. The first-order valence-corrected chi connectivity index (χ1v) is 6.58. The number of nitrogens with two attached hydrogens (primary N) is 1. The highest BCUT2D eigenvalue weighted by Gasteiger charge is 2.24. The van der Waals surface area contributed by atoms with E-state index in [0.29, 0.717) is 25.3 Å². The number of carbonyl (C=O) groups excluding carboxylic acids is 1. The number of carbonyl (C=O) groups is 1. The Hall–Kier alpha value is -1.62. The van der Waals surface area contributed by atoms with Crippen LogP contribution in [0.15, 0.2) is 23.0 Å². The standard InChI is InChI=1S/C14H23N3O2/c1-4-8-17(10-14(2,3)9-15)13(19)11-6-5-7-12(18)16-11/h5-7H,4,8-10,15H2,1-3H3,(H,16,18). The van der Waals surface area contributed by atoms with Crippen molar-refractivity contribution in [2.75, 3.05) is 19.6 Å². The number of aromatic amines is 1. The van der Waals surface area contributed by atoms with Gasteiger partial charge in [-0.05, 0) is 24.4 Å². The molecule has 106 valence electrons. The van der Waals surface area contributed by atoms with Crippen molar-refractivity contribution in [1.82, 2.24) is 9.88 Å². The van der Waals surface area contributed by atoms with Gasteiger partial charge in [0.05, 0.1) is 0 Å². The maximum absolute atomic E-state index is 12.4. The monoisotopic (exact) mass is 265 g/mol. The SMILES string of the molecule is CCCN(CC(C)(C)CN)C(=O)c1cccc(=O)[nH]1. The summed E-state index contributed by atoms with van der Waals surface area (Å²) in [6.07, 6.45) is 0.865. The Bertz CT molecular complexity index is 480. The van der Waals surface area contributed by atoms with E-state index in [0.717, 1.165) is 6.42 Å². The third-order valence-corrected chi connectivity index (χ3v) is 2.95. The van der Waals surface area contributed by atoms with Crippen LogP contribution in [0.3, 0.4) is 0 Å². The molecule has 0 bridgehead atoms. The number of rotatable bonds is 6. The molecule has 0 saturated heterocycles. The van der Waals surface area contributed by atoms with Gasteiger partial charge in [0.25, 0.3) is 5.91 Å². The first kappa shape index (κ1) is 15.4. The molecule has 0 fully saturated rings. The Kier molecular flexibility index (Phi) is 5.30. The van der Waals surface area contributed by atoms with Crippen molar-refractivity contribution in [3.05, 3.63) is 34.2 Å². The van der Waals surface area contributed by atoms with E-state index in [1.165, 1.54) is 6.07 Å². The van der Waals surface area contributed by atoms with Gasteiger partial charge in [0.2, 0.25) is 5.56 Å². The van der Waals surface area contributed by atoms with Crippen LogP contribution >= 0.6 is 0 Å². The molecular weight excluding hydrogens is 242 g/mol. The minimum Gasteiger partial charge on any atom is -0.337 e. The van der Waals surface area contributed by atoms with Gasteiger partial charge in [-0.25, -0.2) is 0 Å². The summed E-state index contributed by atoms with van der Waals surface area (Å²) in [6, 6.07) is 4.61. The number of hydrogen-bond acceptors (Lipinski definition) is 3. The van der Waals surface area contributed by atoms with E-state index < -0.39 is 0 Å². The zero-order chi connectivity index (χ0) is 14.5. The van der Waals surface area contributed by atoms with E-state index >= 15 is 0 Å². The summed E-state index contributed by atoms with van der Waals surface area (Å²) < 4.78 is 0. The molecule has 0 radical (unpaired) electrons. The molecule has 0 aliphatic rings. The fraction of sp³-hybridized carbons (Fsp3) is 0.571. The molecule has 3 N–H and O–H groups in total. The van der Waals surface area contributed by atoms with Gasteiger partial charge in [-0.1, -0.05) is 26.8 Å². The molecule has 1 rings (SSSR count). The normalized spacial score (nSPS) is 11.4. The highest BCUT2D eigenvalue weighted by Crippen LogP contribution is 2.16. The van der Waals surface area contributed by atoms with Gasteiger partial charge in [-0.15, -0.1) is 0 Å². The summed E-state index contributed by atoms with van der Waals surface area (Å²) in [5.74, 6) is -0.152. The number of aromatic nitrogens is 1. The van der Waals surface area contributed by atoms with Gasteiger partial charge < -0.3 is 15.6 Å². The Morgan fingerprint density at radius 2 is 2.11 bits per heavy atom. The molecule has 0 aliphatic carbocycles. The van der Waals surface area contributed by atoms with Crippen molar-refractivity contribution in [3.8, 4) is 0 Å². The van der Waals surface area contributed by atoms with Crippen molar-refractivity contribution >= 4 is 5.91 Å². The van der Waals surface area contributed by atoms with E-state index in [1.54, 1.807) is 17.0 Å². The van der Waals surface area contributed by atoms with Gasteiger partial charge in [0.1, 0.15) is 5.69 Å². The minimum absolute atomic E-state index is 0.139. The van der Waals surface area contributed by atoms with Crippen molar-refractivity contribution in [3.63, 3.8) is 0 Å². The van der Waals surface area contributed by atoms with Gasteiger partial charge in [0.15, 0.2) is 0 Å². The van der Waals surface area contributed by atoms with Gasteiger partial charge in [-0.3, -0.25) is 9.59 Å². The van der Waals surface area contributed by atoms with Crippen LogP contribution in [0, 0.1) is 5.41 Å². The number of hydrogen-bond donors (Lipinski definition) is 2. The number of nitrogens with zero attached hydrogens (tertiary/aromatic N) is 1. The molecule has 0 aromatic carbocycles. The van der Waals surface area contributed by atoms with Crippen LogP contribution in [-0.4, -0.2) is 35.4 Å². The molecule has 19 heavy (non-hydrogen) atoms. The van der Waals surface area contributed by atoms with Crippen molar-refractivity contribution in [2.45, 2.75) is 27.2 Å². The molecule has 1 aromatic rings. The molecule has 1 aromatic heterocycles. The first-order valence-electron chi connectivity index (χ1n) is 6.58. The summed E-state index contributed by atoms with van der Waals surface area (Å²) in [5.41, 5.74) is 5.64. The fourth-order valence-electron chi connectivity index (χ4n) is 1.85. The second kappa shape index (κ2) is 6.52. The van der Waals surface area contributed by atoms with E-state index in [9.17, 15) is 9.59 Å². The molecule has 0 unspecified atom stereocenters. The smallest absolute Gasteiger partial charge is 0.270 e. The molecule has 0 spiro atoms. The van der Waals surface area contributed by atoms with Crippen LogP contribution in [0.25, 0.3) is 0 Å². The summed E-state index contributed by atoms with van der Waals surface area (Å²) in [6.45, 7) is 7.80. The van der Waals surface area contributed by atoms with Gasteiger partial charge >= 0.3 is 0 Å². The zero-order valence-corrected chi connectivity index (χ0v) is 11.9. The largest absolute Gasteiger partial charge is 0.337 e. The van der Waals surface area contributed by atoms with Crippen LogP contribution in [0.1, 0.15) is 37.7 Å². The average Bonchev–Trinajstić information content (AvgIpc) is 2.37. The number of H-pyrrole nitrogens is 1. The van der Waals surface area contributed by atoms with Crippen molar-refractivity contribution in [2.24, 2.45) is 11.1 Å². The second-order valence-corrected chi connectivity index (χ2v) is 5.52. The van der Waals surface area contributed by atoms with Crippen LogP contribution < -0.4 is 11.3 Å². The Balaban J connectivity index is 2.93. The molecule has 5 nitrogen and oxygen atoms in total. The summed E-state index contributed by atoms with van der Waals surface area (Å²) in [5, 5.41) is 0. The Labute approximate surface area is 113 Å². The van der Waals surface area contributed by atoms with E-state index in [4.69, 9.17) is 5.73 Å². The van der Waals surface area contributed by atoms with Crippen molar-refractivity contribution < 1.29 is 4.79 Å². The molecular formula is C14H23N3O2. The molecule has 1 heterocycles. The quantitative estimate of drug-likeness (QED) is 0.811. The van der Waals surface area contributed by atoms with Gasteiger partial charge in [-0.2, -0.15) is 0 Å². The van der Waals surface area contributed by atoms with Crippen LogP contribution in [0.5, 0.6) is 0 Å². The predicted octanol–water partition coefficient (Wildman–Crippen LogP) is 1.21. The highest BCUT2D eigenvalue weighted by atomic mass is 16.2. The van der Waals surface area contributed by atoms with Crippen molar-refractivity contribution in [1.29, 1.82) is 0 Å². The van der Waals surface area contributed by atoms with E-state index in [1.807, 2.05) is 20.8 Å². The second-order valence-electron chi connectivity index (χ2n) is 5.52. The molecule has 0 atom stereocenters. The number of pyridine rings is 1. The summed E-state index contributed by atoms with van der Waals surface area (Å²) in [4.78, 5) is 28.0. The lowest BCUT2D eigenvalue weighted by Gasteiger charge is -2.31. The first-order chi connectivity index (χ1) is 8.89. The third kappa shape index (κ3) is 4.52. The molecule has 0 saturated carbocycles. The minimum atomic E-state index is -0.264. The number of nitrogens with one attached hydrogen (secondary N) is 1. The van der Waals surface area contributed by atoms with Crippen LogP contribution in [0.4, 0.5) is 0 Å². The lowest BCUT2D eigenvalue weighted by molar-refractivity contribution is 0.0683. The molecule has 0 aliphatic heterocycles. The maximum atomic E-state index is 12.4. The van der Waals surface area contributed by atoms with Crippen LogP contribution in [-0.2, 0) is 0 Å². The average molecular weight is 265 g/mol. The summed E-state index contributed by atoms with van der Waals surface area (Å²) in [7, 11) is 0. The van der Waals surface area contributed by atoms with Gasteiger partial charge in [0, 0.05) is 19.2 Å². The zero-order valence-electron chi connectivity index (χ0n) is 11.9. The predicted molar refractivity (Wildman–Crippen MR) is 76.1 cm³/mol. The van der Waals surface area contributed by atoms with Crippen LogP contribution in [0.2, 0.25) is 0 Å². The van der Waals surface area contributed by atoms with E-state index in [-0.39, 0.29) is 16.9 Å². The molecule has 1 amide bonds. The fourth-order valence-corrected chi connectivity index (χ4v) is 1.85. The summed E-state index contributed by atoms with van der Waals surface area (Å²) >= 11 is 0.